The zero-order valence-electron chi connectivity index (χ0n) is 10.2. The van der Waals surface area contributed by atoms with Crippen LogP contribution in [-0.4, -0.2) is 31.6 Å². The minimum absolute atomic E-state index is 0.995. The summed E-state index contributed by atoms with van der Waals surface area (Å²) >= 11 is 3.58. The Hall–Kier alpha value is -0.380. The fraction of sp³-hybridized carbons (Fsp3) is 0.538. The molecule has 0 aromatic heterocycles. The molecule has 0 atom stereocenters. The van der Waals surface area contributed by atoms with Gasteiger partial charge in [-0.3, -0.25) is 0 Å². The van der Waals surface area contributed by atoms with Crippen LogP contribution in [0, 0.1) is 0 Å². The number of hydrogen-bond acceptors (Lipinski definition) is 2. The molecule has 0 fully saturated rings. The van der Waals surface area contributed by atoms with Crippen LogP contribution >= 0.6 is 15.9 Å². The highest BCUT2D eigenvalue weighted by Gasteiger charge is 2.02. The Balaban J connectivity index is 2.28. The molecule has 0 heterocycles. The average molecular weight is 285 g/mol. The van der Waals surface area contributed by atoms with Gasteiger partial charge in [0.15, 0.2) is 0 Å². The fourth-order valence-corrected chi connectivity index (χ4v) is 1.98. The molecule has 3 heteroatoms. The Morgan fingerprint density at radius 2 is 2.00 bits per heavy atom. The highest BCUT2D eigenvalue weighted by Crippen LogP contribution is 2.16. The van der Waals surface area contributed by atoms with Crippen LogP contribution in [-0.2, 0) is 6.54 Å². The lowest BCUT2D eigenvalue weighted by Gasteiger charge is -2.17. The van der Waals surface area contributed by atoms with Crippen molar-refractivity contribution in [1.82, 2.24) is 10.2 Å². The molecule has 90 valence electrons. The van der Waals surface area contributed by atoms with E-state index in [0.29, 0.717) is 0 Å². The first kappa shape index (κ1) is 13.7. The predicted octanol–water partition coefficient (Wildman–Crippen LogP) is 2.88. The molecule has 1 aromatic rings. The molecule has 0 saturated carbocycles. The first-order valence-corrected chi connectivity index (χ1v) is 6.66. The van der Waals surface area contributed by atoms with Gasteiger partial charge >= 0.3 is 0 Å². The Kier molecular flexibility index (Phi) is 6.69. The predicted molar refractivity (Wildman–Crippen MR) is 73.6 cm³/mol. The molecule has 0 spiro atoms. The van der Waals surface area contributed by atoms with Crippen molar-refractivity contribution in [2.24, 2.45) is 0 Å². The lowest BCUT2D eigenvalue weighted by molar-refractivity contribution is 0.324. The SMILES string of the molecule is CCCNCCN(C)Cc1ccccc1Br. The first-order chi connectivity index (χ1) is 7.74. The van der Waals surface area contributed by atoms with Crippen LogP contribution in [0.3, 0.4) is 0 Å². The highest BCUT2D eigenvalue weighted by atomic mass is 79.9. The fourth-order valence-electron chi connectivity index (χ4n) is 1.57. The second-order valence-electron chi connectivity index (χ2n) is 4.08. The van der Waals surface area contributed by atoms with Crippen molar-refractivity contribution < 1.29 is 0 Å². The normalized spacial score (nSPS) is 11.0. The summed E-state index contributed by atoms with van der Waals surface area (Å²) in [6.45, 7) is 6.45. The molecule has 1 rings (SSSR count). The molecule has 0 amide bonds. The third kappa shape index (κ3) is 5.10. The van der Waals surface area contributed by atoms with Gasteiger partial charge in [-0.2, -0.15) is 0 Å². The molecule has 1 aromatic carbocycles. The Morgan fingerprint density at radius 3 is 2.69 bits per heavy atom. The monoisotopic (exact) mass is 284 g/mol. The summed E-state index contributed by atoms with van der Waals surface area (Å²) in [5, 5.41) is 3.41. The van der Waals surface area contributed by atoms with Crippen molar-refractivity contribution in [3.05, 3.63) is 34.3 Å². The number of halogens is 1. The number of hydrogen-bond donors (Lipinski definition) is 1. The lowest BCUT2D eigenvalue weighted by atomic mass is 10.2. The molecule has 0 aliphatic rings. The van der Waals surface area contributed by atoms with Crippen molar-refractivity contribution in [1.29, 1.82) is 0 Å². The van der Waals surface area contributed by atoms with Crippen LogP contribution in [0.1, 0.15) is 18.9 Å². The minimum Gasteiger partial charge on any atom is -0.315 e. The molecule has 2 nitrogen and oxygen atoms in total. The van der Waals surface area contributed by atoms with Crippen LogP contribution in [0.5, 0.6) is 0 Å². The van der Waals surface area contributed by atoms with Crippen LogP contribution in [0.25, 0.3) is 0 Å². The van der Waals surface area contributed by atoms with Gasteiger partial charge in [0.05, 0.1) is 0 Å². The van der Waals surface area contributed by atoms with E-state index in [4.69, 9.17) is 0 Å². The summed E-state index contributed by atoms with van der Waals surface area (Å²) in [6, 6.07) is 8.40. The number of nitrogens with zero attached hydrogens (tertiary/aromatic N) is 1. The maximum atomic E-state index is 3.58. The van der Waals surface area contributed by atoms with E-state index in [2.05, 4.69) is 64.4 Å². The zero-order valence-corrected chi connectivity index (χ0v) is 11.8. The second kappa shape index (κ2) is 7.82. The van der Waals surface area contributed by atoms with Gasteiger partial charge in [-0.15, -0.1) is 0 Å². The smallest absolute Gasteiger partial charge is 0.0242 e. The van der Waals surface area contributed by atoms with Gasteiger partial charge in [-0.05, 0) is 31.6 Å². The minimum atomic E-state index is 0.995. The van der Waals surface area contributed by atoms with Gasteiger partial charge in [0.1, 0.15) is 0 Å². The van der Waals surface area contributed by atoms with E-state index < -0.39 is 0 Å². The van der Waals surface area contributed by atoms with Crippen molar-refractivity contribution in [3.63, 3.8) is 0 Å². The van der Waals surface area contributed by atoms with Crippen molar-refractivity contribution in [3.8, 4) is 0 Å². The van der Waals surface area contributed by atoms with Crippen LogP contribution < -0.4 is 5.32 Å². The van der Waals surface area contributed by atoms with E-state index in [1.54, 1.807) is 0 Å². The molecule has 0 bridgehead atoms. The third-order valence-corrected chi connectivity index (χ3v) is 3.27. The van der Waals surface area contributed by atoms with E-state index in [-0.39, 0.29) is 0 Å². The number of rotatable bonds is 7. The van der Waals surface area contributed by atoms with Gasteiger partial charge < -0.3 is 10.2 Å². The Bertz CT molecular complexity index is 302. The van der Waals surface area contributed by atoms with Crippen LogP contribution in [0.15, 0.2) is 28.7 Å². The van der Waals surface area contributed by atoms with E-state index >= 15 is 0 Å². The van der Waals surface area contributed by atoms with Gasteiger partial charge in [-0.1, -0.05) is 41.1 Å². The number of likely N-dealkylation sites (N-methyl/N-ethyl adjacent to an activating group) is 1. The third-order valence-electron chi connectivity index (χ3n) is 2.50. The molecule has 0 aliphatic heterocycles. The van der Waals surface area contributed by atoms with Crippen molar-refractivity contribution in [2.75, 3.05) is 26.7 Å². The first-order valence-electron chi connectivity index (χ1n) is 5.86. The summed E-state index contributed by atoms with van der Waals surface area (Å²) in [5.41, 5.74) is 1.35. The van der Waals surface area contributed by atoms with E-state index in [0.717, 1.165) is 26.2 Å². The molecule has 16 heavy (non-hydrogen) atoms. The van der Waals surface area contributed by atoms with Crippen molar-refractivity contribution in [2.45, 2.75) is 19.9 Å². The molecule has 1 N–H and O–H groups in total. The molecule has 0 unspecified atom stereocenters. The summed E-state index contributed by atoms with van der Waals surface area (Å²) < 4.78 is 1.20. The van der Waals surface area contributed by atoms with E-state index in [1.165, 1.54) is 16.5 Å². The topological polar surface area (TPSA) is 15.3 Å². The van der Waals surface area contributed by atoms with Gasteiger partial charge in [-0.25, -0.2) is 0 Å². The van der Waals surface area contributed by atoms with Crippen molar-refractivity contribution >= 4 is 15.9 Å². The highest BCUT2D eigenvalue weighted by molar-refractivity contribution is 9.10. The molecule has 0 saturated heterocycles. The number of benzene rings is 1. The molecule has 0 radical (unpaired) electrons. The molecular weight excluding hydrogens is 264 g/mol. The van der Waals surface area contributed by atoms with E-state index in [9.17, 15) is 0 Å². The van der Waals surface area contributed by atoms with Crippen LogP contribution in [0.2, 0.25) is 0 Å². The lowest BCUT2D eigenvalue weighted by Crippen LogP contribution is -2.29. The zero-order chi connectivity index (χ0) is 11.8. The van der Waals surface area contributed by atoms with Crippen LogP contribution in [0.4, 0.5) is 0 Å². The average Bonchev–Trinajstić information content (AvgIpc) is 2.28. The second-order valence-corrected chi connectivity index (χ2v) is 4.93. The maximum Gasteiger partial charge on any atom is 0.0242 e. The Morgan fingerprint density at radius 1 is 1.25 bits per heavy atom. The van der Waals surface area contributed by atoms with Gasteiger partial charge in [0.2, 0.25) is 0 Å². The van der Waals surface area contributed by atoms with E-state index in [1.807, 2.05) is 0 Å². The Labute approximate surface area is 107 Å². The summed E-state index contributed by atoms with van der Waals surface area (Å²) in [7, 11) is 2.16. The van der Waals surface area contributed by atoms with Gasteiger partial charge in [0, 0.05) is 24.1 Å². The number of nitrogens with one attached hydrogen (secondary N) is 1. The maximum absolute atomic E-state index is 3.58. The standard InChI is InChI=1S/C13H21BrN2/c1-3-8-15-9-10-16(2)11-12-6-4-5-7-13(12)14/h4-7,15H,3,8-11H2,1-2H3. The summed E-state index contributed by atoms with van der Waals surface area (Å²) in [6.07, 6.45) is 1.20. The molecule has 0 aliphatic carbocycles. The summed E-state index contributed by atoms with van der Waals surface area (Å²) in [5.74, 6) is 0. The summed E-state index contributed by atoms with van der Waals surface area (Å²) in [4.78, 5) is 2.34. The quantitative estimate of drug-likeness (QED) is 0.775. The molecular formula is C13H21BrN2. The largest absolute Gasteiger partial charge is 0.315 e. The van der Waals surface area contributed by atoms with Gasteiger partial charge in [0.25, 0.3) is 0 Å².